The Morgan fingerprint density at radius 1 is 0.258 bits per heavy atom. The van der Waals surface area contributed by atoms with Gasteiger partial charge in [0.2, 0.25) is 0 Å². The van der Waals surface area contributed by atoms with E-state index >= 15 is 0 Å². The first-order valence-corrected chi connectivity index (χ1v) is 22.4. The van der Waals surface area contributed by atoms with Crippen molar-refractivity contribution in [3.63, 3.8) is 0 Å². The van der Waals surface area contributed by atoms with Crippen molar-refractivity contribution < 1.29 is 0 Å². The fourth-order valence-electron chi connectivity index (χ4n) is 8.74. The molecular formula is C57H35N3S2. The van der Waals surface area contributed by atoms with Gasteiger partial charge in [0.25, 0.3) is 0 Å². The van der Waals surface area contributed by atoms with Crippen LogP contribution in [-0.4, -0.2) is 15.0 Å². The van der Waals surface area contributed by atoms with Crippen LogP contribution in [0.5, 0.6) is 0 Å². The van der Waals surface area contributed by atoms with Crippen LogP contribution in [0.1, 0.15) is 0 Å². The topological polar surface area (TPSA) is 38.7 Å². The molecule has 62 heavy (non-hydrogen) atoms. The molecular weight excluding hydrogens is 791 g/mol. The molecule has 0 saturated heterocycles. The molecule has 3 nitrogen and oxygen atoms in total. The van der Waals surface area contributed by atoms with Gasteiger partial charge in [-0.3, -0.25) is 0 Å². The van der Waals surface area contributed by atoms with Crippen LogP contribution in [0.4, 0.5) is 0 Å². The second-order valence-corrected chi connectivity index (χ2v) is 17.6. The van der Waals surface area contributed by atoms with Gasteiger partial charge < -0.3 is 0 Å². The second kappa shape index (κ2) is 15.2. The highest BCUT2D eigenvalue weighted by molar-refractivity contribution is 7.27. The Morgan fingerprint density at radius 2 is 0.726 bits per heavy atom. The molecule has 0 radical (unpaired) electrons. The van der Waals surface area contributed by atoms with E-state index < -0.39 is 0 Å². The molecule has 0 atom stereocenters. The van der Waals surface area contributed by atoms with E-state index in [9.17, 15) is 0 Å². The quantitative estimate of drug-likeness (QED) is 0.161. The third kappa shape index (κ3) is 6.38. The molecule has 0 bridgehead atoms. The minimum atomic E-state index is 0.639. The van der Waals surface area contributed by atoms with Crippen molar-refractivity contribution in [3.8, 4) is 78.7 Å². The van der Waals surface area contributed by atoms with E-state index in [1.807, 2.05) is 29.5 Å². The zero-order valence-electron chi connectivity index (χ0n) is 33.4. The number of hydrogen-bond acceptors (Lipinski definition) is 5. The summed E-state index contributed by atoms with van der Waals surface area (Å²) in [4.78, 5) is 15.6. The van der Waals surface area contributed by atoms with Gasteiger partial charge in [0.15, 0.2) is 17.5 Å². The number of rotatable bonds is 7. The maximum absolute atomic E-state index is 5.26. The molecule has 0 saturated carbocycles. The molecule has 0 unspecified atom stereocenters. The van der Waals surface area contributed by atoms with E-state index in [1.54, 1.807) is 11.3 Å². The lowest BCUT2D eigenvalue weighted by molar-refractivity contribution is 1.08. The number of hydrogen-bond donors (Lipinski definition) is 0. The predicted molar refractivity (Wildman–Crippen MR) is 264 cm³/mol. The maximum Gasteiger partial charge on any atom is 0.164 e. The van der Waals surface area contributed by atoms with Crippen molar-refractivity contribution in [2.75, 3.05) is 0 Å². The van der Waals surface area contributed by atoms with Crippen LogP contribution in [0, 0.1) is 0 Å². The summed E-state index contributed by atoms with van der Waals surface area (Å²) >= 11 is 3.69. The van der Waals surface area contributed by atoms with Gasteiger partial charge in [-0.25, -0.2) is 15.0 Å². The number of thiophene rings is 2. The average Bonchev–Trinajstić information content (AvgIpc) is 3.93. The van der Waals surface area contributed by atoms with Crippen LogP contribution in [0.3, 0.4) is 0 Å². The molecule has 0 amide bonds. The van der Waals surface area contributed by atoms with Crippen LogP contribution in [0.15, 0.2) is 212 Å². The van der Waals surface area contributed by atoms with Gasteiger partial charge in [0.05, 0.1) is 0 Å². The van der Waals surface area contributed by atoms with Crippen LogP contribution >= 0.6 is 22.7 Å². The minimum Gasteiger partial charge on any atom is -0.208 e. The average molecular weight is 826 g/mol. The van der Waals surface area contributed by atoms with Crippen molar-refractivity contribution in [1.29, 1.82) is 0 Å². The third-order valence-corrected chi connectivity index (χ3v) is 14.2. The highest BCUT2D eigenvalue weighted by Gasteiger charge is 2.19. The Bertz CT molecular complexity index is 3610. The van der Waals surface area contributed by atoms with E-state index in [0.717, 1.165) is 27.8 Å². The summed E-state index contributed by atoms with van der Waals surface area (Å²) < 4.78 is 5.07. The fourth-order valence-corrected chi connectivity index (χ4v) is 11.2. The summed E-state index contributed by atoms with van der Waals surface area (Å²) in [6.45, 7) is 0. The van der Waals surface area contributed by atoms with Gasteiger partial charge in [-0.05, 0) is 68.8 Å². The van der Waals surface area contributed by atoms with Gasteiger partial charge in [-0.15, -0.1) is 22.7 Å². The summed E-state index contributed by atoms with van der Waals surface area (Å²) in [6, 6.07) is 75.6. The first kappa shape index (κ1) is 36.3. The third-order valence-electron chi connectivity index (χ3n) is 11.8. The largest absolute Gasteiger partial charge is 0.208 e. The van der Waals surface area contributed by atoms with Crippen molar-refractivity contribution in [2.45, 2.75) is 0 Å². The number of fused-ring (bicyclic) bond motifs is 6. The highest BCUT2D eigenvalue weighted by Crippen LogP contribution is 2.45. The van der Waals surface area contributed by atoms with Crippen LogP contribution in [0.2, 0.25) is 0 Å². The van der Waals surface area contributed by atoms with Gasteiger partial charge in [0.1, 0.15) is 0 Å². The maximum atomic E-state index is 5.26. The zero-order valence-corrected chi connectivity index (χ0v) is 35.0. The molecule has 0 spiro atoms. The summed E-state index contributed by atoms with van der Waals surface area (Å²) in [5, 5.41) is 4.97. The molecule has 290 valence electrons. The molecule has 12 aromatic rings. The van der Waals surface area contributed by atoms with Gasteiger partial charge in [-0.2, -0.15) is 0 Å². The molecule has 5 heteroatoms. The Morgan fingerprint density at radius 3 is 1.42 bits per heavy atom. The van der Waals surface area contributed by atoms with Crippen LogP contribution in [-0.2, 0) is 0 Å². The molecule has 0 fully saturated rings. The first-order chi connectivity index (χ1) is 30.7. The molecule has 9 aromatic carbocycles. The van der Waals surface area contributed by atoms with Gasteiger partial charge in [0, 0.05) is 57.0 Å². The number of benzene rings is 9. The zero-order chi connectivity index (χ0) is 41.0. The lowest BCUT2D eigenvalue weighted by atomic mass is 9.97. The summed E-state index contributed by atoms with van der Waals surface area (Å²) in [7, 11) is 0. The summed E-state index contributed by atoms with van der Waals surface area (Å²) in [5.74, 6) is 1.94. The summed E-state index contributed by atoms with van der Waals surface area (Å²) in [5.41, 5.74) is 12.5. The molecule has 0 N–H and O–H groups in total. The van der Waals surface area contributed by atoms with E-state index in [0.29, 0.717) is 17.5 Å². The molecule has 0 aliphatic rings. The van der Waals surface area contributed by atoms with E-state index in [1.165, 1.54) is 73.7 Å². The Balaban J connectivity index is 0.939. The lowest BCUT2D eigenvalue weighted by Crippen LogP contribution is -2.00. The van der Waals surface area contributed by atoms with Crippen LogP contribution < -0.4 is 0 Å². The highest BCUT2D eigenvalue weighted by atomic mass is 32.1. The molecule has 12 rings (SSSR count). The second-order valence-electron chi connectivity index (χ2n) is 15.5. The van der Waals surface area contributed by atoms with Crippen LogP contribution in [0.25, 0.3) is 119 Å². The molecule has 0 aliphatic heterocycles. The standard InChI is InChI=1S/C57H35N3S2/c1-4-14-36(15-5-1)42-32-33-50-49(35-42)52-48(26-13-27-51(52)61-50)57-59-55(40-18-8-3-9-19-40)58-56(60-57)43-21-10-20-41(34-43)37-28-30-39(31-29-37)45-23-12-25-47-46-24-11-22-44(53(46)62-54(45)47)38-16-6-2-7-17-38/h1-35H. The Labute approximate surface area is 366 Å². The van der Waals surface area contributed by atoms with Crippen molar-refractivity contribution in [2.24, 2.45) is 0 Å². The summed E-state index contributed by atoms with van der Waals surface area (Å²) in [6.07, 6.45) is 0. The van der Waals surface area contributed by atoms with E-state index in [4.69, 9.17) is 15.0 Å². The number of nitrogens with zero attached hydrogens (tertiary/aromatic N) is 3. The van der Waals surface area contributed by atoms with Crippen molar-refractivity contribution in [1.82, 2.24) is 15.0 Å². The van der Waals surface area contributed by atoms with Gasteiger partial charge >= 0.3 is 0 Å². The van der Waals surface area contributed by atoms with E-state index in [2.05, 4.69) is 194 Å². The fraction of sp³-hybridized carbons (Fsp3) is 0. The van der Waals surface area contributed by atoms with Crippen molar-refractivity contribution >= 4 is 63.0 Å². The SMILES string of the molecule is c1ccc(-c2ccc3sc4cccc(-c5nc(-c6ccccc6)nc(-c6cccc(-c7ccc(-c8cccc9c8sc8c(-c%10ccccc%10)cccc89)cc7)c6)n5)c4c3c2)cc1. The smallest absolute Gasteiger partial charge is 0.164 e. The van der Waals surface area contributed by atoms with Gasteiger partial charge in [-0.1, -0.05) is 188 Å². The van der Waals surface area contributed by atoms with E-state index in [-0.39, 0.29) is 0 Å². The first-order valence-electron chi connectivity index (χ1n) is 20.8. The Kier molecular flexibility index (Phi) is 8.87. The normalized spacial score (nSPS) is 11.5. The number of aromatic nitrogens is 3. The molecule has 3 aromatic heterocycles. The Hall–Kier alpha value is -7.57. The monoisotopic (exact) mass is 825 g/mol. The minimum absolute atomic E-state index is 0.639. The van der Waals surface area contributed by atoms with Crippen molar-refractivity contribution in [3.05, 3.63) is 212 Å². The predicted octanol–water partition coefficient (Wildman–Crippen LogP) is 16.3. The molecule has 0 aliphatic carbocycles. The lowest BCUT2D eigenvalue weighted by Gasteiger charge is -2.11. The molecule has 3 heterocycles.